The minimum Gasteiger partial charge on any atom is -0.508 e. The average Bonchev–Trinajstić information content (AvgIpc) is 3.01. The predicted molar refractivity (Wildman–Crippen MR) is 92.7 cm³/mol. The number of benzene rings is 2. The van der Waals surface area contributed by atoms with E-state index in [1.807, 2.05) is 12.1 Å². The summed E-state index contributed by atoms with van der Waals surface area (Å²) < 4.78 is 0. The Hall–Kier alpha value is -2.30. The summed E-state index contributed by atoms with van der Waals surface area (Å²) in [6, 6.07) is 13.4. The Morgan fingerprint density at radius 3 is 2.57 bits per heavy atom. The third-order valence-corrected chi connectivity index (χ3v) is 4.90. The summed E-state index contributed by atoms with van der Waals surface area (Å²) in [6.45, 7) is 1.77. The van der Waals surface area contributed by atoms with Crippen LogP contribution in [0.2, 0.25) is 5.02 Å². The van der Waals surface area contributed by atoms with Crippen LogP contribution in [-0.2, 0) is 0 Å². The molecule has 5 heteroatoms. The van der Waals surface area contributed by atoms with Gasteiger partial charge in [0.05, 0.1) is 9.90 Å². The Kier molecular flexibility index (Phi) is 4.11. The molecule has 2 N–H and O–H groups in total. The standard InChI is InChI=1S/C18H13ClO3S/c1-10-7-12(9-14(19)17(10)21)15-5-6-16(23-15)18(22)11-3-2-4-13(20)8-11/h2-9,20-21H,1H3. The molecule has 3 rings (SSSR count). The number of carbonyl (C=O) groups excluding carboxylic acids is 1. The molecule has 0 bridgehead atoms. The Morgan fingerprint density at radius 1 is 1.09 bits per heavy atom. The Labute approximate surface area is 142 Å². The predicted octanol–water partition coefficient (Wildman–Crippen LogP) is 5.02. The van der Waals surface area contributed by atoms with Gasteiger partial charge in [-0.25, -0.2) is 0 Å². The number of hydrogen-bond donors (Lipinski definition) is 2. The monoisotopic (exact) mass is 344 g/mol. The number of hydrogen-bond acceptors (Lipinski definition) is 4. The minimum atomic E-state index is -0.140. The zero-order chi connectivity index (χ0) is 16.6. The molecule has 0 fully saturated rings. The topological polar surface area (TPSA) is 57.5 Å². The molecule has 2 aromatic carbocycles. The van der Waals surface area contributed by atoms with Gasteiger partial charge in [0, 0.05) is 10.4 Å². The first-order valence-corrected chi connectivity index (χ1v) is 8.08. The van der Waals surface area contributed by atoms with Gasteiger partial charge in [-0.3, -0.25) is 4.79 Å². The average molecular weight is 345 g/mol. The van der Waals surface area contributed by atoms with Crippen LogP contribution < -0.4 is 0 Å². The van der Waals surface area contributed by atoms with Crippen LogP contribution in [0.1, 0.15) is 20.8 Å². The zero-order valence-electron chi connectivity index (χ0n) is 12.2. The quantitative estimate of drug-likeness (QED) is 0.656. The van der Waals surface area contributed by atoms with Gasteiger partial charge in [-0.2, -0.15) is 0 Å². The van der Waals surface area contributed by atoms with Gasteiger partial charge in [-0.15, -0.1) is 11.3 Å². The van der Waals surface area contributed by atoms with Crippen molar-refractivity contribution >= 4 is 28.7 Å². The van der Waals surface area contributed by atoms with Crippen LogP contribution in [0.5, 0.6) is 11.5 Å². The second-order valence-corrected chi connectivity index (χ2v) is 6.66. The van der Waals surface area contributed by atoms with Crippen molar-refractivity contribution in [3.8, 4) is 21.9 Å². The smallest absolute Gasteiger partial charge is 0.203 e. The molecule has 116 valence electrons. The van der Waals surface area contributed by atoms with Crippen LogP contribution in [0.3, 0.4) is 0 Å². The molecule has 0 saturated carbocycles. The van der Waals surface area contributed by atoms with Gasteiger partial charge in [-0.05, 0) is 54.4 Å². The van der Waals surface area contributed by atoms with Gasteiger partial charge < -0.3 is 10.2 Å². The van der Waals surface area contributed by atoms with Crippen LogP contribution >= 0.6 is 22.9 Å². The highest BCUT2D eigenvalue weighted by molar-refractivity contribution is 7.17. The van der Waals surface area contributed by atoms with Gasteiger partial charge in [0.15, 0.2) is 0 Å². The lowest BCUT2D eigenvalue weighted by molar-refractivity contribution is 0.104. The SMILES string of the molecule is Cc1cc(-c2ccc(C(=O)c3cccc(O)c3)s2)cc(Cl)c1O. The number of aryl methyl sites for hydroxylation is 1. The number of ketones is 1. The van der Waals surface area contributed by atoms with Crippen molar-refractivity contribution in [2.45, 2.75) is 6.92 Å². The summed E-state index contributed by atoms with van der Waals surface area (Å²) in [4.78, 5) is 13.9. The zero-order valence-corrected chi connectivity index (χ0v) is 13.8. The van der Waals surface area contributed by atoms with E-state index >= 15 is 0 Å². The number of phenolic OH excluding ortho intramolecular Hbond substituents is 2. The Bertz CT molecular complexity index is 876. The van der Waals surface area contributed by atoms with E-state index in [2.05, 4.69) is 0 Å². The highest BCUT2D eigenvalue weighted by Crippen LogP contribution is 2.36. The highest BCUT2D eigenvalue weighted by atomic mass is 35.5. The summed E-state index contributed by atoms with van der Waals surface area (Å²) in [7, 11) is 0. The highest BCUT2D eigenvalue weighted by Gasteiger charge is 2.14. The molecule has 0 aliphatic heterocycles. The summed E-state index contributed by atoms with van der Waals surface area (Å²) in [5.74, 6) is -0.00430. The second kappa shape index (κ2) is 6.07. The van der Waals surface area contributed by atoms with Crippen molar-refractivity contribution in [3.63, 3.8) is 0 Å². The van der Waals surface area contributed by atoms with Crippen molar-refractivity contribution in [2.24, 2.45) is 0 Å². The summed E-state index contributed by atoms with van der Waals surface area (Å²) in [5, 5.41) is 19.5. The molecule has 23 heavy (non-hydrogen) atoms. The lowest BCUT2D eigenvalue weighted by Crippen LogP contribution is -1.97. The van der Waals surface area contributed by atoms with Crippen molar-refractivity contribution < 1.29 is 15.0 Å². The number of carbonyl (C=O) groups is 1. The number of rotatable bonds is 3. The van der Waals surface area contributed by atoms with E-state index in [1.54, 1.807) is 31.2 Å². The normalized spacial score (nSPS) is 10.7. The van der Waals surface area contributed by atoms with Crippen LogP contribution in [0.4, 0.5) is 0 Å². The molecule has 0 atom stereocenters. The maximum Gasteiger partial charge on any atom is 0.203 e. The third-order valence-electron chi connectivity index (χ3n) is 3.48. The first-order valence-electron chi connectivity index (χ1n) is 6.89. The first-order chi connectivity index (χ1) is 11.0. The molecule has 0 aliphatic carbocycles. The van der Waals surface area contributed by atoms with Gasteiger partial charge in [0.25, 0.3) is 0 Å². The lowest BCUT2D eigenvalue weighted by atomic mass is 10.1. The fourth-order valence-corrected chi connectivity index (χ4v) is 3.51. The third kappa shape index (κ3) is 3.09. The van der Waals surface area contributed by atoms with Crippen molar-refractivity contribution in [3.05, 3.63) is 69.6 Å². The van der Waals surface area contributed by atoms with E-state index in [0.717, 1.165) is 10.4 Å². The van der Waals surface area contributed by atoms with Crippen LogP contribution in [0.25, 0.3) is 10.4 Å². The first kappa shape index (κ1) is 15.6. The van der Waals surface area contributed by atoms with Gasteiger partial charge in [0.2, 0.25) is 5.78 Å². The summed E-state index contributed by atoms with van der Waals surface area (Å²) >= 11 is 7.36. The van der Waals surface area contributed by atoms with Gasteiger partial charge >= 0.3 is 0 Å². The number of thiophene rings is 1. The second-order valence-electron chi connectivity index (χ2n) is 5.17. The van der Waals surface area contributed by atoms with E-state index in [-0.39, 0.29) is 22.3 Å². The fourth-order valence-electron chi connectivity index (χ4n) is 2.28. The van der Waals surface area contributed by atoms with Crippen molar-refractivity contribution in [1.29, 1.82) is 0 Å². The van der Waals surface area contributed by atoms with E-state index in [0.29, 0.717) is 16.0 Å². The Morgan fingerprint density at radius 2 is 1.87 bits per heavy atom. The van der Waals surface area contributed by atoms with E-state index in [4.69, 9.17) is 11.6 Å². The maximum absolute atomic E-state index is 12.5. The van der Waals surface area contributed by atoms with Crippen LogP contribution in [-0.4, -0.2) is 16.0 Å². The maximum atomic E-state index is 12.5. The molecule has 0 amide bonds. The molecule has 1 heterocycles. The van der Waals surface area contributed by atoms with Crippen LogP contribution in [0.15, 0.2) is 48.5 Å². The largest absolute Gasteiger partial charge is 0.508 e. The van der Waals surface area contributed by atoms with E-state index < -0.39 is 0 Å². The van der Waals surface area contributed by atoms with E-state index in [9.17, 15) is 15.0 Å². The van der Waals surface area contributed by atoms with Crippen LogP contribution in [0, 0.1) is 6.92 Å². The van der Waals surface area contributed by atoms with Crippen molar-refractivity contribution in [2.75, 3.05) is 0 Å². The van der Waals surface area contributed by atoms with Crippen molar-refractivity contribution in [1.82, 2.24) is 0 Å². The van der Waals surface area contributed by atoms with Gasteiger partial charge in [0.1, 0.15) is 11.5 Å². The molecule has 1 aromatic heterocycles. The molecule has 0 unspecified atom stereocenters. The Balaban J connectivity index is 1.96. The fraction of sp³-hybridized carbons (Fsp3) is 0.0556. The molecule has 0 spiro atoms. The number of phenols is 2. The van der Waals surface area contributed by atoms with Gasteiger partial charge in [-0.1, -0.05) is 23.7 Å². The molecule has 0 aliphatic rings. The molecule has 0 radical (unpaired) electrons. The number of aromatic hydroxyl groups is 2. The molecule has 3 aromatic rings. The minimum absolute atomic E-state index is 0.0635. The molecular weight excluding hydrogens is 332 g/mol. The molecule has 0 saturated heterocycles. The van der Waals surface area contributed by atoms with E-state index in [1.165, 1.54) is 23.5 Å². The molecular formula is C18H13ClO3S. The lowest BCUT2D eigenvalue weighted by Gasteiger charge is -2.05. The molecule has 3 nitrogen and oxygen atoms in total. The summed E-state index contributed by atoms with van der Waals surface area (Å²) in [6.07, 6.45) is 0. The number of halogens is 1. The summed E-state index contributed by atoms with van der Waals surface area (Å²) in [5.41, 5.74) is 1.98.